The van der Waals surface area contributed by atoms with E-state index in [-0.39, 0.29) is 5.91 Å². The molecule has 0 aliphatic heterocycles. The number of benzene rings is 1. The van der Waals surface area contributed by atoms with Crippen molar-refractivity contribution in [2.75, 3.05) is 5.32 Å². The fourth-order valence-electron chi connectivity index (χ4n) is 1.83. The maximum atomic E-state index is 12.3. The van der Waals surface area contributed by atoms with E-state index in [1.54, 1.807) is 0 Å². The van der Waals surface area contributed by atoms with Gasteiger partial charge in [0.1, 0.15) is 4.60 Å². The number of anilines is 1. The monoisotopic (exact) mass is 318 g/mol. The molecular weight excluding hydrogens is 304 g/mol. The van der Waals surface area contributed by atoms with Crippen LogP contribution in [-0.2, 0) is 0 Å². The Kier molecular flexibility index (Phi) is 4.00. The van der Waals surface area contributed by atoms with Crippen LogP contribution < -0.4 is 5.32 Å². The van der Waals surface area contributed by atoms with Gasteiger partial charge in [-0.05, 0) is 60.5 Å². The second kappa shape index (κ2) is 5.53. The van der Waals surface area contributed by atoms with Gasteiger partial charge in [0.05, 0.1) is 11.4 Å². The van der Waals surface area contributed by atoms with E-state index in [1.165, 1.54) is 0 Å². The second-order valence-corrected chi connectivity index (χ2v) is 5.35. The molecule has 0 aliphatic rings. The minimum Gasteiger partial charge on any atom is -0.320 e. The van der Waals surface area contributed by atoms with Crippen LogP contribution in [0.1, 0.15) is 27.2 Å². The number of aryl methyl sites for hydroxylation is 3. The molecule has 1 heterocycles. The molecule has 0 fully saturated rings. The summed E-state index contributed by atoms with van der Waals surface area (Å²) in [5.41, 5.74) is 4.25. The lowest BCUT2D eigenvalue weighted by Gasteiger charge is -2.10. The normalized spacial score (nSPS) is 10.3. The molecule has 0 aliphatic carbocycles. The van der Waals surface area contributed by atoms with Crippen molar-refractivity contribution in [1.82, 2.24) is 4.98 Å². The number of amides is 1. The van der Waals surface area contributed by atoms with Crippen LogP contribution in [-0.4, -0.2) is 10.9 Å². The lowest BCUT2D eigenvalue weighted by molar-refractivity contribution is 0.102. The van der Waals surface area contributed by atoms with Crippen LogP contribution >= 0.6 is 15.9 Å². The summed E-state index contributed by atoms with van der Waals surface area (Å²) >= 11 is 3.30. The van der Waals surface area contributed by atoms with Crippen LogP contribution in [0.2, 0.25) is 0 Å². The van der Waals surface area contributed by atoms with Gasteiger partial charge in [0.15, 0.2) is 0 Å². The SMILES string of the molecule is Cc1ccc(C)c(C(=O)Nc2ccc(Br)nc2C)c1. The highest BCUT2D eigenvalue weighted by molar-refractivity contribution is 9.10. The summed E-state index contributed by atoms with van der Waals surface area (Å²) in [4.78, 5) is 16.5. The third kappa shape index (κ3) is 3.20. The van der Waals surface area contributed by atoms with Gasteiger partial charge < -0.3 is 5.32 Å². The van der Waals surface area contributed by atoms with Crippen LogP contribution in [0.4, 0.5) is 5.69 Å². The summed E-state index contributed by atoms with van der Waals surface area (Å²) in [5.74, 6) is -0.103. The topological polar surface area (TPSA) is 42.0 Å². The van der Waals surface area contributed by atoms with Crippen molar-refractivity contribution in [1.29, 1.82) is 0 Å². The Morgan fingerprint density at radius 2 is 1.89 bits per heavy atom. The summed E-state index contributed by atoms with van der Waals surface area (Å²) in [5, 5.41) is 2.90. The molecule has 19 heavy (non-hydrogen) atoms. The molecule has 0 saturated heterocycles. The van der Waals surface area contributed by atoms with E-state index >= 15 is 0 Å². The van der Waals surface area contributed by atoms with E-state index in [1.807, 2.05) is 51.1 Å². The van der Waals surface area contributed by atoms with Crippen LogP contribution in [0.15, 0.2) is 34.9 Å². The van der Waals surface area contributed by atoms with E-state index < -0.39 is 0 Å². The van der Waals surface area contributed by atoms with Crippen molar-refractivity contribution in [3.8, 4) is 0 Å². The number of pyridine rings is 1. The molecular formula is C15H15BrN2O. The number of nitrogens with zero attached hydrogens (tertiary/aromatic N) is 1. The van der Waals surface area contributed by atoms with E-state index in [9.17, 15) is 4.79 Å². The first-order valence-electron chi connectivity index (χ1n) is 5.99. The number of carbonyl (C=O) groups is 1. The zero-order valence-electron chi connectivity index (χ0n) is 11.1. The molecule has 1 aromatic heterocycles. The van der Waals surface area contributed by atoms with Crippen LogP contribution in [0, 0.1) is 20.8 Å². The van der Waals surface area contributed by atoms with Crippen molar-refractivity contribution < 1.29 is 4.79 Å². The van der Waals surface area contributed by atoms with E-state index in [0.717, 1.165) is 27.1 Å². The lowest BCUT2D eigenvalue weighted by atomic mass is 10.0. The molecule has 4 heteroatoms. The van der Waals surface area contributed by atoms with Crippen LogP contribution in [0.3, 0.4) is 0 Å². The van der Waals surface area contributed by atoms with E-state index in [4.69, 9.17) is 0 Å². The number of rotatable bonds is 2. The fourth-order valence-corrected chi connectivity index (χ4v) is 2.23. The molecule has 0 saturated carbocycles. The Bertz CT molecular complexity index is 638. The molecule has 0 spiro atoms. The summed E-state index contributed by atoms with van der Waals surface area (Å²) in [6.07, 6.45) is 0. The predicted molar refractivity (Wildman–Crippen MR) is 80.5 cm³/mol. The Morgan fingerprint density at radius 3 is 2.58 bits per heavy atom. The molecule has 0 bridgehead atoms. The largest absolute Gasteiger partial charge is 0.320 e. The van der Waals surface area contributed by atoms with Crippen molar-refractivity contribution >= 4 is 27.5 Å². The van der Waals surface area contributed by atoms with Gasteiger partial charge in [-0.25, -0.2) is 4.98 Å². The summed E-state index contributed by atoms with van der Waals surface area (Å²) in [6.45, 7) is 5.77. The predicted octanol–water partition coefficient (Wildman–Crippen LogP) is 4.02. The minimum atomic E-state index is -0.103. The number of aromatic nitrogens is 1. The number of hydrogen-bond donors (Lipinski definition) is 1. The quantitative estimate of drug-likeness (QED) is 0.850. The van der Waals surface area contributed by atoms with Gasteiger partial charge in [0, 0.05) is 5.56 Å². The van der Waals surface area contributed by atoms with Crippen LogP contribution in [0.5, 0.6) is 0 Å². The number of halogens is 1. The standard InChI is InChI=1S/C15H15BrN2O/c1-9-4-5-10(2)12(8-9)15(19)18-13-6-7-14(16)17-11(13)3/h4-8H,1-3H3,(H,18,19). The van der Waals surface area contributed by atoms with Gasteiger partial charge in [-0.3, -0.25) is 4.79 Å². The molecule has 1 aromatic carbocycles. The third-order valence-electron chi connectivity index (χ3n) is 2.94. The van der Waals surface area contributed by atoms with Crippen molar-refractivity contribution in [3.05, 3.63) is 57.3 Å². The number of carbonyl (C=O) groups excluding carboxylic acids is 1. The number of hydrogen-bond acceptors (Lipinski definition) is 2. The highest BCUT2D eigenvalue weighted by Gasteiger charge is 2.11. The first-order chi connectivity index (χ1) is 8.97. The zero-order valence-corrected chi connectivity index (χ0v) is 12.7. The van der Waals surface area contributed by atoms with Crippen molar-refractivity contribution in [3.63, 3.8) is 0 Å². The van der Waals surface area contributed by atoms with E-state index in [0.29, 0.717) is 5.56 Å². The van der Waals surface area contributed by atoms with Gasteiger partial charge in [-0.15, -0.1) is 0 Å². The summed E-state index contributed by atoms with van der Waals surface area (Å²) < 4.78 is 0.759. The number of nitrogens with one attached hydrogen (secondary N) is 1. The summed E-state index contributed by atoms with van der Waals surface area (Å²) in [7, 11) is 0. The molecule has 0 radical (unpaired) electrons. The minimum absolute atomic E-state index is 0.103. The average Bonchev–Trinajstić information content (AvgIpc) is 2.35. The molecule has 1 amide bonds. The van der Waals surface area contributed by atoms with Crippen molar-refractivity contribution in [2.45, 2.75) is 20.8 Å². The van der Waals surface area contributed by atoms with Gasteiger partial charge in [-0.1, -0.05) is 17.7 Å². The van der Waals surface area contributed by atoms with E-state index in [2.05, 4.69) is 26.2 Å². The average molecular weight is 319 g/mol. The Balaban J connectivity index is 2.28. The second-order valence-electron chi connectivity index (χ2n) is 4.54. The first-order valence-corrected chi connectivity index (χ1v) is 6.78. The van der Waals surface area contributed by atoms with Gasteiger partial charge in [-0.2, -0.15) is 0 Å². The van der Waals surface area contributed by atoms with Crippen LogP contribution in [0.25, 0.3) is 0 Å². The molecule has 1 N–H and O–H groups in total. The Morgan fingerprint density at radius 1 is 1.16 bits per heavy atom. The molecule has 98 valence electrons. The lowest BCUT2D eigenvalue weighted by Crippen LogP contribution is -2.14. The highest BCUT2D eigenvalue weighted by Crippen LogP contribution is 2.18. The fraction of sp³-hybridized carbons (Fsp3) is 0.200. The summed E-state index contributed by atoms with van der Waals surface area (Å²) in [6, 6.07) is 9.50. The van der Waals surface area contributed by atoms with Gasteiger partial charge in [0.25, 0.3) is 5.91 Å². The Hall–Kier alpha value is -1.68. The highest BCUT2D eigenvalue weighted by atomic mass is 79.9. The smallest absolute Gasteiger partial charge is 0.255 e. The third-order valence-corrected chi connectivity index (χ3v) is 3.38. The van der Waals surface area contributed by atoms with Crippen molar-refractivity contribution in [2.24, 2.45) is 0 Å². The maximum Gasteiger partial charge on any atom is 0.255 e. The Labute approximate surface area is 121 Å². The first kappa shape index (κ1) is 13.7. The molecule has 2 rings (SSSR count). The van der Waals surface area contributed by atoms with Gasteiger partial charge >= 0.3 is 0 Å². The zero-order chi connectivity index (χ0) is 14.0. The van der Waals surface area contributed by atoms with Gasteiger partial charge in [0.2, 0.25) is 0 Å². The molecule has 0 unspecified atom stereocenters. The molecule has 3 nitrogen and oxygen atoms in total. The molecule has 2 aromatic rings. The molecule has 0 atom stereocenters. The maximum absolute atomic E-state index is 12.3.